The summed E-state index contributed by atoms with van der Waals surface area (Å²) in [7, 11) is 0. The van der Waals surface area contributed by atoms with Crippen LogP contribution in [0.3, 0.4) is 0 Å². The fraction of sp³-hybridized carbons (Fsp3) is 0.375. The van der Waals surface area contributed by atoms with Crippen molar-refractivity contribution in [2.45, 2.75) is 52.9 Å². The van der Waals surface area contributed by atoms with E-state index < -0.39 is 0 Å². The molecular formula is C24H30KNO3-2. The van der Waals surface area contributed by atoms with Crippen LogP contribution in [-0.4, -0.2) is 18.0 Å². The number of carbonyl (C=O) groups is 2. The van der Waals surface area contributed by atoms with E-state index in [2.05, 4.69) is 18.7 Å². The molecule has 1 N–H and O–H groups in total. The van der Waals surface area contributed by atoms with Gasteiger partial charge in [0.2, 0.25) is 5.91 Å². The summed E-state index contributed by atoms with van der Waals surface area (Å²) in [5.41, 5.74) is 3.09. The summed E-state index contributed by atoms with van der Waals surface area (Å²) in [6.45, 7) is 9.15. The number of rotatable bonds is 6. The third-order valence-electron chi connectivity index (χ3n) is 4.52. The van der Waals surface area contributed by atoms with Gasteiger partial charge in [0.15, 0.2) is 5.78 Å². The normalized spacial score (nSPS) is 14.4. The summed E-state index contributed by atoms with van der Waals surface area (Å²) in [4.78, 5) is 33.2. The molecule has 5 heteroatoms. The molecule has 1 aromatic rings. The van der Waals surface area contributed by atoms with Crippen LogP contribution in [0.4, 0.5) is 0 Å². The van der Waals surface area contributed by atoms with Crippen LogP contribution in [-0.2, 0) is 14.4 Å². The molecule has 0 unspecified atom stereocenters. The molecule has 2 rings (SSSR count). The zero-order valence-electron chi connectivity index (χ0n) is 18.1. The number of aryl methyl sites for hydroxylation is 1. The molecule has 1 aliphatic carbocycles. The quantitative estimate of drug-likeness (QED) is 0.330. The third-order valence-corrected chi connectivity index (χ3v) is 4.52. The van der Waals surface area contributed by atoms with E-state index in [1.165, 1.54) is 13.0 Å². The maximum atomic E-state index is 12.0. The largest absolute Gasteiger partial charge is 1.00 e. The predicted molar refractivity (Wildman–Crippen MR) is 113 cm³/mol. The van der Waals surface area contributed by atoms with Gasteiger partial charge in [0.05, 0.1) is 0 Å². The average molecular weight is 420 g/mol. The predicted octanol–water partition coefficient (Wildman–Crippen LogP) is 1.58. The van der Waals surface area contributed by atoms with Crippen LogP contribution >= 0.6 is 0 Å². The summed E-state index contributed by atoms with van der Waals surface area (Å²) in [6.07, 6.45) is 13.9. The van der Waals surface area contributed by atoms with Gasteiger partial charge in [0.1, 0.15) is 0 Å². The van der Waals surface area contributed by atoms with Crippen LogP contribution in [0.2, 0.25) is 0 Å². The Kier molecular flexibility index (Phi) is 15.3. The number of carbonyl (C=O) groups excluding carboxylic acids is 3. The van der Waals surface area contributed by atoms with Crippen molar-refractivity contribution in [3.63, 3.8) is 0 Å². The number of hydrogen-bond donors (Lipinski definition) is 1. The molecule has 1 aromatic carbocycles. The van der Waals surface area contributed by atoms with E-state index >= 15 is 0 Å². The van der Waals surface area contributed by atoms with E-state index in [1.807, 2.05) is 38.3 Å². The van der Waals surface area contributed by atoms with Gasteiger partial charge < -0.3 is 16.5 Å². The van der Waals surface area contributed by atoms with Crippen LogP contribution < -0.4 is 56.7 Å². The molecule has 1 amide bonds. The minimum atomic E-state index is -0.0153. The Bertz CT molecular complexity index is 732. The van der Waals surface area contributed by atoms with Gasteiger partial charge in [0, 0.05) is 11.6 Å². The molecule has 0 spiro atoms. The second-order valence-electron chi connectivity index (χ2n) is 6.84. The molecule has 0 aromatic heterocycles. The Labute approximate surface area is 218 Å². The molecule has 0 bridgehead atoms. The first kappa shape index (κ1) is 28.0. The van der Waals surface area contributed by atoms with Gasteiger partial charge in [-0.1, -0.05) is 32.8 Å². The molecule has 29 heavy (non-hydrogen) atoms. The fourth-order valence-electron chi connectivity index (χ4n) is 2.82. The van der Waals surface area contributed by atoms with Gasteiger partial charge in [-0.15, -0.1) is 12.1 Å². The van der Waals surface area contributed by atoms with Crippen LogP contribution in [0.25, 0.3) is 0 Å². The van der Waals surface area contributed by atoms with Crippen molar-refractivity contribution in [1.29, 1.82) is 0 Å². The number of hydrogen-bond acceptors (Lipinski definition) is 3. The first-order valence-corrected chi connectivity index (χ1v) is 9.70. The standard InChI is InChI=1S/C15H22NO2.C9H8O.K/c1-3-7-14(11-10-12(2)17)16-15(18)13-8-5-4-6-9-13;1-7-4-3-5-9(6-10)8(7)2;/h4,7,10-11,13H,3,5-6,8-9H2,1-2H3,(H,16,18);3-5H,2H2,1H3;/q-1;-2;+1/b11-10-,14-7+;;. The van der Waals surface area contributed by atoms with E-state index in [9.17, 15) is 14.4 Å². The van der Waals surface area contributed by atoms with Crippen molar-refractivity contribution >= 4 is 18.0 Å². The van der Waals surface area contributed by atoms with Gasteiger partial charge in [-0.25, -0.2) is 11.6 Å². The zero-order valence-corrected chi connectivity index (χ0v) is 21.2. The number of ketones is 1. The van der Waals surface area contributed by atoms with Gasteiger partial charge in [-0.3, -0.25) is 27.6 Å². The Morgan fingerprint density at radius 1 is 1.28 bits per heavy atom. The van der Waals surface area contributed by atoms with Crippen molar-refractivity contribution < 1.29 is 65.8 Å². The third kappa shape index (κ3) is 11.1. The fourth-order valence-corrected chi connectivity index (χ4v) is 2.82. The van der Waals surface area contributed by atoms with Crippen molar-refractivity contribution in [2.24, 2.45) is 5.92 Å². The smallest absolute Gasteiger partial charge is 0.391 e. The Morgan fingerprint density at radius 3 is 2.45 bits per heavy atom. The first-order valence-electron chi connectivity index (χ1n) is 9.70. The molecule has 0 atom stereocenters. The summed E-state index contributed by atoms with van der Waals surface area (Å²) in [5.74, 6) is 0.176. The van der Waals surface area contributed by atoms with Gasteiger partial charge in [-0.05, 0) is 31.8 Å². The number of benzene rings is 1. The Balaban J connectivity index is 0.000000606. The molecule has 0 saturated heterocycles. The summed E-state index contributed by atoms with van der Waals surface area (Å²) in [6, 6.07) is 5.45. The van der Waals surface area contributed by atoms with Crippen LogP contribution in [0, 0.1) is 26.2 Å². The van der Waals surface area contributed by atoms with Crippen molar-refractivity contribution in [2.75, 3.05) is 0 Å². The van der Waals surface area contributed by atoms with E-state index in [0.717, 1.165) is 48.9 Å². The van der Waals surface area contributed by atoms with E-state index in [0.29, 0.717) is 5.56 Å². The van der Waals surface area contributed by atoms with E-state index in [-0.39, 0.29) is 69.0 Å². The van der Waals surface area contributed by atoms with E-state index in [1.54, 1.807) is 12.1 Å². The molecule has 0 heterocycles. The first-order chi connectivity index (χ1) is 13.4. The van der Waals surface area contributed by atoms with Crippen LogP contribution in [0.1, 0.15) is 62.6 Å². The molecule has 152 valence electrons. The average Bonchev–Trinajstić information content (AvgIpc) is 2.69. The number of nitrogens with one attached hydrogen (secondary N) is 1. The zero-order chi connectivity index (χ0) is 20.9. The monoisotopic (exact) mass is 419 g/mol. The van der Waals surface area contributed by atoms with Gasteiger partial charge in [-0.2, -0.15) is 12.8 Å². The van der Waals surface area contributed by atoms with Gasteiger partial charge in [0.25, 0.3) is 0 Å². The van der Waals surface area contributed by atoms with Crippen LogP contribution in [0.5, 0.6) is 0 Å². The number of allylic oxidation sites excluding steroid dienone is 3. The topological polar surface area (TPSA) is 63.2 Å². The molecule has 0 radical (unpaired) electrons. The minimum absolute atomic E-state index is 0. The molecule has 0 aliphatic heterocycles. The number of amides is 1. The maximum absolute atomic E-state index is 12.0. The second kappa shape index (κ2) is 15.8. The molecular weight excluding hydrogens is 389 g/mol. The van der Waals surface area contributed by atoms with Crippen molar-refractivity contribution in [1.82, 2.24) is 5.32 Å². The second-order valence-corrected chi connectivity index (χ2v) is 6.84. The maximum Gasteiger partial charge on any atom is 1.00 e. The SMILES string of the molecule is CC/C=C(\C=C/C(C)=O)NC(=O)C1CC[CH-]CC1.[CH2-]c1c(C)cccc1[C-]=O.[K+]. The van der Waals surface area contributed by atoms with Crippen molar-refractivity contribution in [3.8, 4) is 0 Å². The minimum Gasteiger partial charge on any atom is -0.391 e. The van der Waals surface area contributed by atoms with Crippen LogP contribution in [0.15, 0.2) is 42.1 Å². The molecule has 1 saturated carbocycles. The Morgan fingerprint density at radius 2 is 1.93 bits per heavy atom. The molecule has 4 nitrogen and oxygen atoms in total. The summed E-state index contributed by atoms with van der Waals surface area (Å²) >= 11 is 0. The summed E-state index contributed by atoms with van der Waals surface area (Å²) in [5, 5.41) is 2.91. The van der Waals surface area contributed by atoms with Crippen molar-refractivity contribution in [3.05, 3.63) is 72.2 Å². The summed E-state index contributed by atoms with van der Waals surface area (Å²) < 4.78 is 0. The van der Waals surface area contributed by atoms with Gasteiger partial charge >= 0.3 is 51.4 Å². The van der Waals surface area contributed by atoms with E-state index in [4.69, 9.17) is 0 Å². The molecule has 1 fully saturated rings. The Hall–Kier alpha value is -0.984. The molecule has 1 aliphatic rings.